The van der Waals surface area contributed by atoms with Gasteiger partial charge in [-0.15, -0.1) is 0 Å². The number of rotatable bonds is 0. The molecule has 0 aliphatic rings. The lowest BCUT2D eigenvalue weighted by Gasteiger charge is -2.31. The number of hydrogen-bond donors (Lipinski definition) is 0. The van der Waals surface area contributed by atoms with Gasteiger partial charge < -0.3 is 0 Å². The number of hydrogen-bond acceptors (Lipinski definition) is 0. The first-order chi connectivity index (χ1) is 9.01. The monoisotopic (exact) mass is 276 g/mol. The van der Waals surface area contributed by atoms with Gasteiger partial charge in [0.1, 0.15) is 11.6 Å². The number of halogens is 2. The summed E-state index contributed by atoms with van der Waals surface area (Å²) in [6.45, 7) is 12.6. The predicted octanol–water partition coefficient (Wildman–Crippen LogP) is 5.71. The van der Waals surface area contributed by atoms with Gasteiger partial charge in [0, 0.05) is 5.39 Å². The van der Waals surface area contributed by atoms with Crippen LogP contribution in [0.4, 0.5) is 8.78 Å². The van der Waals surface area contributed by atoms with Crippen LogP contribution in [0.15, 0.2) is 24.3 Å². The van der Waals surface area contributed by atoms with Crippen LogP contribution in [0.2, 0.25) is 0 Å². The van der Waals surface area contributed by atoms with Crippen LogP contribution in [-0.4, -0.2) is 0 Å². The van der Waals surface area contributed by atoms with Gasteiger partial charge in [-0.05, 0) is 45.5 Å². The predicted molar refractivity (Wildman–Crippen MR) is 81.3 cm³/mol. The first kappa shape index (κ1) is 15.0. The van der Waals surface area contributed by atoms with Crippen LogP contribution in [0, 0.1) is 11.6 Å². The van der Waals surface area contributed by atoms with E-state index >= 15 is 0 Å². The summed E-state index contributed by atoms with van der Waals surface area (Å²) in [6.07, 6.45) is 0. The van der Waals surface area contributed by atoms with Gasteiger partial charge in [0.05, 0.1) is 0 Å². The van der Waals surface area contributed by atoms with Gasteiger partial charge >= 0.3 is 0 Å². The lowest BCUT2D eigenvalue weighted by molar-refractivity contribution is 0.527. The van der Waals surface area contributed by atoms with Crippen molar-refractivity contribution >= 4 is 10.8 Å². The topological polar surface area (TPSA) is 0 Å². The molecule has 108 valence electrons. The molecule has 2 aromatic carbocycles. The fourth-order valence-corrected chi connectivity index (χ4v) is 2.75. The van der Waals surface area contributed by atoms with E-state index in [0.717, 1.165) is 16.5 Å². The van der Waals surface area contributed by atoms with Crippen LogP contribution in [0.25, 0.3) is 10.8 Å². The maximum atomic E-state index is 14.4. The summed E-state index contributed by atoms with van der Waals surface area (Å²) in [4.78, 5) is 0. The molecule has 0 saturated carbocycles. The van der Waals surface area contributed by atoms with Gasteiger partial charge in [0.2, 0.25) is 0 Å². The second kappa shape index (κ2) is 4.54. The van der Waals surface area contributed by atoms with E-state index in [4.69, 9.17) is 0 Å². The Kier molecular flexibility index (Phi) is 3.40. The van der Waals surface area contributed by atoms with Crippen molar-refractivity contribution in [1.82, 2.24) is 0 Å². The van der Waals surface area contributed by atoms with Crippen molar-refractivity contribution in [3.63, 3.8) is 0 Å². The molecule has 0 atom stereocenters. The summed E-state index contributed by atoms with van der Waals surface area (Å²) in [6, 6.07) is 5.96. The highest BCUT2D eigenvalue weighted by atomic mass is 19.1. The SMILES string of the molecule is CC(C)(C)c1cc(F)c2cc(F)ccc2c1C(C)(C)C. The van der Waals surface area contributed by atoms with E-state index < -0.39 is 5.82 Å². The van der Waals surface area contributed by atoms with E-state index in [1.807, 2.05) is 0 Å². The summed E-state index contributed by atoms with van der Waals surface area (Å²) in [7, 11) is 0. The van der Waals surface area contributed by atoms with Crippen LogP contribution < -0.4 is 0 Å². The Balaban J connectivity index is 2.99. The molecule has 0 fully saturated rings. The van der Waals surface area contributed by atoms with E-state index in [1.165, 1.54) is 12.1 Å². The summed E-state index contributed by atoms with van der Waals surface area (Å²) < 4.78 is 27.8. The highest BCUT2D eigenvalue weighted by Gasteiger charge is 2.28. The Morgan fingerprint density at radius 2 is 1.35 bits per heavy atom. The Labute approximate surface area is 119 Å². The van der Waals surface area contributed by atoms with Crippen molar-refractivity contribution in [2.45, 2.75) is 52.4 Å². The molecule has 0 amide bonds. The molecule has 2 heteroatoms. The third-order valence-corrected chi connectivity index (χ3v) is 3.61. The van der Waals surface area contributed by atoms with Gasteiger partial charge in [0.15, 0.2) is 0 Å². The molecule has 0 spiro atoms. The smallest absolute Gasteiger partial charge is 0.131 e. The minimum atomic E-state index is -0.403. The molecule has 0 nitrogen and oxygen atoms in total. The standard InChI is InChI=1S/C18H22F2/c1-17(2,3)14-10-15(20)13-9-11(19)7-8-12(13)16(14)18(4,5)6/h7-10H,1-6H3. The minimum absolute atomic E-state index is 0.133. The summed E-state index contributed by atoms with van der Waals surface area (Å²) in [5, 5.41) is 1.17. The normalized spacial score (nSPS) is 13.0. The van der Waals surface area contributed by atoms with E-state index in [-0.39, 0.29) is 16.6 Å². The molecule has 0 N–H and O–H groups in total. The zero-order valence-electron chi connectivity index (χ0n) is 13.1. The van der Waals surface area contributed by atoms with Gasteiger partial charge in [-0.2, -0.15) is 0 Å². The molecular weight excluding hydrogens is 254 g/mol. The highest BCUT2D eigenvalue weighted by Crippen LogP contribution is 2.40. The Morgan fingerprint density at radius 1 is 0.750 bits per heavy atom. The third-order valence-electron chi connectivity index (χ3n) is 3.61. The number of benzene rings is 2. The Bertz CT molecular complexity index is 656. The molecule has 0 unspecified atom stereocenters. The molecule has 0 bridgehead atoms. The first-order valence-corrected chi connectivity index (χ1v) is 6.94. The lowest BCUT2D eigenvalue weighted by atomic mass is 9.73. The van der Waals surface area contributed by atoms with Crippen molar-refractivity contribution in [2.75, 3.05) is 0 Å². The van der Waals surface area contributed by atoms with Crippen LogP contribution in [-0.2, 0) is 10.8 Å². The molecule has 0 radical (unpaired) electrons. The van der Waals surface area contributed by atoms with Crippen LogP contribution in [0.1, 0.15) is 52.7 Å². The van der Waals surface area contributed by atoms with Crippen LogP contribution in [0.3, 0.4) is 0 Å². The fourth-order valence-electron chi connectivity index (χ4n) is 2.75. The zero-order chi connectivity index (χ0) is 15.3. The van der Waals surface area contributed by atoms with Crippen molar-refractivity contribution in [1.29, 1.82) is 0 Å². The number of fused-ring (bicyclic) bond motifs is 1. The minimum Gasteiger partial charge on any atom is -0.207 e. The average Bonchev–Trinajstić information content (AvgIpc) is 2.26. The molecule has 0 aliphatic heterocycles. The molecule has 2 aromatic rings. The van der Waals surface area contributed by atoms with Crippen LogP contribution in [0.5, 0.6) is 0 Å². The second-order valence-corrected chi connectivity index (χ2v) is 7.47. The van der Waals surface area contributed by atoms with E-state index in [1.54, 1.807) is 12.1 Å². The third kappa shape index (κ3) is 2.56. The quantitative estimate of drug-likeness (QED) is 0.578. The fraction of sp³-hybridized carbons (Fsp3) is 0.444. The van der Waals surface area contributed by atoms with E-state index in [0.29, 0.717) is 5.39 Å². The van der Waals surface area contributed by atoms with E-state index in [9.17, 15) is 8.78 Å². The largest absolute Gasteiger partial charge is 0.207 e. The van der Waals surface area contributed by atoms with Crippen molar-refractivity contribution < 1.29 is 8.78 Å². The maximum absolute atomic E-state index is 14.4. The van der Waals surface area contributed by atoms with Crippen molar-refractivity contribution in [3.05, 3.63) is 47.0 Å². The van der Waals surface area contributed by atoms with Gasteiger partial charge in [0.25, 0.3) is 0 Å². The zero-order valence-corrected chi connectivity index (χ0v) is 13.1. The summed E-state index contributed by atoms with van der Waals surface area (Å²) >= 11 is 0. The summed E-state index contributed by atoms with van der Waals surface area (Å²) in [5.74, 6) is -0.753. The van der Waals surface area contributed by atoms with Gasteiger partial charge in [-0.3, -0.25) is 0 Å². The van der Waals surface area contributed by atoms with Crippen LogP contribution >= 0.6 is 0 Å². The van der Waals surface area contributed by atoms with Gasteiger partial charge in [-0.25, -0.2) is 8.78 Å². The van der Waals surface area contributed by atoms with Crippen molar-refractivity contribution in [3.8, 4) is 0 Å². The maximum Gasteiger partial charge on any atom is 0.131 e. The Morgan fingerprint density at radius 3 is 1.85 bits per heavy atom. The molecule has 20 heavy (non-hydrogen) atoms. The van der Waals surface area contributed by atoms with Crippen molar-refractivity contribution in [2.24, 2.45) is 0 Å². The Hall–Kier alpha value is -1.44. The lowest BCUT2D eigenvalue weighted by Crippen LogP contribution is -2.23. The molecule has 0 aliphatic carbocycles. The molecule has 0 saturated heterocycles. The molecule has 0 aromatic heterocycles. The highest BCUT2D eigenvalue weighted by molar-refractivity contribution is 5.88. The molecule has 0 heterocycles. The molecule has 2 rings (SSSR count). The molecular formula is C18H22F2. The second-order valence-electron chi connectivity index (χ2n) is 7.47. The average molecular weight is 276 g/mol. The first-order valence-electron chi connectivity index (χ1n) is 6.94. The van der Waals surface area contributed by atoms with E-state index in [2.05, 4.69) is 41.5 Å². The van der Waals surface area contributed by atoms with Gasteiger partial charge in [-0.1, -0.05) is 47.6 Å². The summed E-state index contributed by atoms with van der Waals surface area (Å²) in [5.41, 5.74) is 1.79.